The Bertz CT molecular complexity index is 701. The molecule has 0 aliphatic carbocycles. The van der Waals surface area contributed by atoms with Gasteiger partial charge in [-0.2, -0.15) is 9.97 Å². The zero-order chi connectivity index (χ0) is 17.1. The minimum Gasteiger partial charge on any atom is -0.378 e. The minimum absolute atomic E-state index is 0.358. The summed E-state index contributed by atoms with van der Waals surface area (Å²) >= 11 is 0. The molecule has 2 saturated heterocycles. The highest BCUT2D eigenvalue weighted by molar-refractivity contribution is 5.42. The number of aromatic nitrogens is 4. The molecular weight excluding hydrogens is 322 g/mol. The molecule has 4 rings (SSSR count). The maximum Gasteiger partial charge on any atom is 0.240 e. The van der Waals surface area contributed by atoms with Crippen LogP contribution in [0.2, 0.25) is 0 Å². The van der Waals surface area contributed by atoms with Crippen molar-refractivity contribution in [2.24, 2.45) is 0 Å². The molecule has 0 spiro atoms. The summed E-state index contributed by atoms with van der Waals surface area (Å²) in [6, 6.07) is 2.28. The van der Waals surface area contributed by atoms with E-state index in [4.69, 9.17) is 9.26 Å². The number of ether oxygens (including phenoxy) is 1. The van der Waals surface area contributed by atoms with Crippen LogP contribution in [0.25, 0.3) is 0 Å². The Hall–Kier alpha value is -2.26. The average Bonchev–Trinajstić information content (AvgIpc) is 3.25. The highest BCUT2D eigenvalue weighted by Crippen LogP contribution is 2.18. The minimum atomic E-state index is 0.358. The normalized spacial score (nSPS) is 21.6. The van der Waals surface area contributed by atoms with Crippen LogP contribution in [0.1, 0.15) is 18.1 Å². The van der Waals surface area contributed by atoms with E-state index < -0.39 is 0 Å². The topological polar surface area (TPSA) is 92.4 Å². The molecule has 2 fully saturated rings. The molecule has 0 aromatic carbocycles. The number of hydrogen-bond acceptors (Lipinski definition) is 9. The summed E-state index contributed by atoms with van der Waals surface area (Å²) in [7, 11) is 0. The Morgan fingerprint density at radius 1 is 1.24 bits per heavy atom. The zero-order valence-corrected chi connectivity index (χ0v) is 14.4. The summed E-state index contributed by atoms with van der Waals surface area (Å²) < 4.78 is 10.6. The van der Waals surface area contributed by atoms with Crippen LogP contribution in [-0.2, 0) is 11.3 Å². The highest BCUT2D eigenvalue weighted by Gasteiger charge is 2.24. The maximum absolute atomic E-state index is 5.39. The second-order valence-electron chi connectivity index (χ2n) is 6.44. The Labute approximate surface area is 146 Å². The molecular formula is C16H23N7O2. The van der Waals surface area contributed by atoms with E-state index in [2.05, 4.69) is 35.2 Å². The largest absolute Gasteiger partial charge is 0.378 e. The van der Waals surface area contributed by atoms with Crippen LogP contribution in [0.3, 0.4) is 0 Å². The van der Waals surface area contributed by atoms with E-state index in [0.717, 1.165) is 57.6 Å². The van der Waals surface area contributed by atoms with Gasteiger partial charge in [0.25, 0.3) is 0 Å². The molecule has 0 amide bonds. The van der Waals surface area contributed by atoms with Crippen LogP contribution >= 0.6 is 0 Å². The van der Waals surface area contributed by atoms with E-state index in [1.807, 2.05) is 19.2 Å². The van der Waals surface area contributed by atoms with Crippen molar-refractivity contribution >= 4 is 11.8 Å². The van der Waals surface area contributed by atoms with Crippen LogP contribution in [0.15, 0.2) is 16.8 Å². The van der Waals surface area contributed by atoms with Crippen molar-refractivity contribution in [2.45, 2.75) is 25.9 Å². The van der Waals surface area contributed by atoms with Crippen LogP contribution in [0, 0.1) is 6.92 Å². The number of anilines is 2. The molecule has 134 valence electrons. The quantitative estimate of drug-likeness (QED) is 0.840. The van der Waals surface area contributed by atoms with Gasteiger partial charge in [0.1, 0.15) is 5.82 Å². The van der Waals surface area contributed by atoms with Gasteiger partial charge < -0.3 is 19.5 Å². The standard InChI is InChI=1S/C16H23N7O2/c1-12-18-15(25-21-12)11-22-5-3-13(10-22)19-14-2-4-17-16(20-14)23-6-8-24-9-7-23/h2,4,13H,3,5-11H2,1H3,(H,17,19,20). The van der Waals surface area contributed by atoms with Crippen molar-refractivity contribution in [2.75, 3.05) is 49.6 Å². The van der Waals surface area contributed by atoms with Gasteiger partial charge in [-0.25, -0.2) is 4.98 Å². The lowest BCUT2D eigenvalue weighted by Gasteiger charge is -2.27. The third-order valence-electron chi connectivity index (χ3n) is 4.49. The van der Waals surface area contributed by atoms with Crippen molar-refractivity contribution in [1.29, 1.82) is 0 Å². The molecule has 2 aromatic heterocycles. The van der Waals surface area contributed by atoms with Gasteiger partial charge in [-0.3, -0.25) is 4.90 Å². The first kappa shape index (κ1) is 16.2. The first-order chi connectivity index (χ1) is 12.3. The molecule has 9 nitrogen and oxygen atoms in total. The van der Waals surface area contributed by atoms with E-state index >= 15 is 0 Å². The number of likely N-dealkylation sites (tertiary alicyclic amines) is 1. The first-order valence-corrected chi connectivity index (χ1v) is 8.70. The fourth-order valence-corrected chi connectivity index (χ4v) is 3.24. The van der Waals surface area contributed by atoms with E-state index in [1.54, 1.807) is 0 Å². The predicted molar refractivity (Wildman–Crippen MR) is 91.4 cm³/mol. The lowest BCUT2D eigenvalue weighted by Crippen LogP contribution is -2.37. The molecule has 2 aromatic rings. The molecule has 0 saturated carbocycles. The lowest BCUT2D eigenvalue weighted by atomic mass is 10.2. The van der Waals surface area contributed by atoms with Crippen molar-refractivity contribution < 1.29 is 9.26 Å². The Balaban J connectivity index is 1.33. The SMILES string of the molecule is Cc1noc(CN2CCC(Nc3ccnc(N4CCOCC4)n3)C2)n1. The molecule has 0 radical (unpaired) electrons. The number of nitrogens with one attached hydrogen (secondary N) is 1. The summed E-state index contributed by atoms with van der Waals surface area (Å²) in [6.07, 6.45) is 2.87. The summed E-state index contributed by atoms with van der Waals surface area (Å²) in [4.78, 5) is 17.8. The number of nitrogens with zero attached hydrogens (tertiary/aromatic N) is 6. The summed E-state index contributed by atoms with van der Waals surface area (Å²) in [5, 5.41) is 7.36. The second kappa shape index (κ2) is 7.32. The van der Waals surface area contributed by atoms with Crippen molar-refractivity contribution in [3.63, 3.8) is 0 Å². The van der Waals surface area contributed by atoms with Crippen LogP contribution in [-0.4, -0.2) is 70.4 Å². The van der Waals surface area contributed by atoms with E-state index in [9.17, 15) is 0 Å². The van der Waals surface area contributed by atoms with Gasteiger partial charge in [-0.05, 0) is 19.4 Å². The van der Waals surface area contributed by atoms with Crippen molar-refractivity contribution in [3.05, 3.63) is 24.0 Å². The van der Waals surface area contributed by atoms with Gasteiger partial charge in [-0.1, -0.05) is 5.16 Å². The van der Waals surface area contributed by atoms with Gasteiger partial charge in [0.2, 0.25) is 11.8 Å². The van der Waals surface area contributed by atoms with Gasteiger partial charge in [0.15, 0.2) is 5.82 Å². The van der Waals surface area contributed by atoms with E-state index in [0.29, 0.717) is 24.3 Å². The Morgan fingerprint density at radius 3 is 2.92 bits per heavy atom. The molecule has 2 aliphatic heterocycles. The first-order valence-electron chi connectivity index (χ1n) is 8.70. The highest BCUT2D eigenvalue weighted by atomic mass is 16.5. The molecule has 0 bridgehead atoms. The van der Waals surface area contributed by atoms with E-state index in [1.165, 1.54) is 0 Å². The summed E-state index contributed by atoms with van der Waals surface area (Å²) in [6.45, 7) is 7.60. The number of hydrogen-bond donors (Lipinski definition) is 1. The zero-order valence-electron chi connectivity index (χ0n) is 14.4. The van der Waals surface area contributed by atoms with Crippen LogP contribution in [0.5, 0.6) is 0 Å². The molecule has 2 aliphatic rings. The monoisotopic (exact) mass is 345 g/mol. The molecule has 25 heavy (non-hydrogen) atoms. The average molecular weight is 345 g/mol. The van der Waals surface area contributed by atoms with Gasteiger partial charge in [0.05, 0.1) is 19.8 Å². The number of rotatable bonds is 5. The third kappa shape index (κ3) is 4.05. The maximum atomic E-state index is 5.39. The van der Waals surface area contributed by atoms with Crippen LogP contribution < -0.4 is 10.2 Å². The molecule has 9 heteroatoms. The molecule has 4 heterocycles. The van der Waals surface area contributed by atoms with Crippen molar-refractivity contribution in [3.8, 4) is 0 Å². The summed E-state index contributed by atoms with van der Waals surface area (Å²) in [5.74, 6) is 3.00. The Kier molecular flexibility index (Phi) is 4.75. The molecule has 1 unspecified atom stereocenters. The predicted octanol–water partition coefficient (Wildman–Crippen LogP) is 0.691. The lowest BCUT2D eigenvalue weighted by molar-refractivity contribution is 0.122. The second-order valence-corrected chi connectivity index (χ2v) is 6.44. The van der Waals surface area contributed by atoms with Gasteiger partial charge in [-0.15, -0.1) is 0 Å². The fourth-order valence-electron chi connectivity index (χ4n) is 3.24. The van der Waals surface area contributed by atoms with Gasteiger partial charge in [0, 0.05) is 38.4 Å². The number of morpholine rings is 1. The third-order valence-corrected chi connectivity index (χ3v) is 4.49. The smallest absolute Gasteiger partial charge is 0.240 e. The summed E-state index contributed by atoms with van der Waals surface area (Å²) in [5.41, 5.74) is 0. The van der Waals surface area contributed by atoms with E-state index in [-0.39, 0.29) is 0 Å². The molecule has 1 atom stereocenters. The Morgan fingerprint density at radius 2 is 2.12 bits per heavy atom. The van der Waals surface area contributed by atoms with Crippen LogP contribution in [0.4, 0.5) is 11.8 Å². The van der Waals surface area contributed by atoms with Crippen molar-refractivity contribution in [1.82, 2.24) is 25.0 Å². The fraction of sp³-hybridized carbons (Fsp3) is 0.625. The number of aryl methyl sites for hydroxylation is 1. The van der Waals surface area contributed by atoms with Gasteiger partial charge >= 0.3 is 0 Å². The molecule has 1 N–H and O–H groups in total.